The first-order valence-electron chi connectivity index (χ1n) is 8.86. The maximum Gasteiger partial charge on any atom is 0.169 e. The number of nitriles is 1. The lowest BCUT2D eigenvalue weighted by molar-refractivity contribution is -0.0468. The van der Waals surface area contributed by atoms with Crippen molar-refractivity contribution in [3.05, 3.63) is 52.7 Å². The second kappa shape index (κ2) is 7.20. The average Bonchev–Trinajstić information content (AvgIpc) is 2.67. The predicted octanol–water partition coefficient (Wildman–Crippen LogP) is 3.23. The number of anilines is 1. The molecule has 130 valence electrons. The summed E-state index contributed by atoms with van der Waals surface area (Å²) in [5.74, 6) is 0.682. The Morgan fingerprint density at radius 2 is 1.96 bits per heavy atom. The summed E-state index contributed by atoms with van der Waals surface area (Å²) in [6.45, 7) is 8.15. The molecule has 1 aromatic heterocycles. The molecule has 0 bridgehead atoms. The topological polar surface area (TPSA) is 62.0 Å². The predicted molar refractivity (Wildman–Crippen MR) is 97.5 cm³/mol. The summed E-state index contributed by atoms with van der Waals surface area (Å²) in [5, 5.41) is 18.6. The van der Waals surface area contributed by atoms with Crippen LogP contribution in [-0.2, 0) is 23.2 Å². The highest BCUT2D eigenvalue weighted by Gasteiger charge is 2.35. The van der Waals surface area contributed by atoms with E-state index in [1.54, 1.807) is 0 Å². The molecule has 0 aliphatic carbocycles. The van der Waals surface area contributed by atoms with E-state index < -0.39 is 5.60 Å². The van der Waals surface area contributed by atoms with Crippen molar-refractivity contribution in [2.75, 3.05) is 24.6 Å². The third kappa shape index (κ3) is 3.22. The molecule has 2 heterocycles. The summed E-state index contributed by atoms with van der Waals surface area (Å²) in [4.78, 5) is 2.14. The first-order valence-corrected chi connectivity index (χ1v) is 8.86. The average molecular weight is 336 g/mol. The number of rotatable bonds is 4. The molecule has 0 amide bonds. The van der Waals surface area contributed by atoms with Gasteiger partial charge in [0, 0.05) is 6.54 Å². The highest BCUT2D eigenvalue weighted by Crippen LogP contribution is 2.33. The van der Waals surface area contributed by atoms with Crippen LogP contribution in [-0.4, -0.2) is 29.9 Å². The van der Waals surface area contributed by atoms with Gasteiger partial charge in [0.05, 0.1) is 18.8 Å². The van der Waals surface area contributed by atoms with Gasteiger partial charge >= 0.3 is 0 Å². The number of aromatic nitrogens is 2. The van der Waals surface area contributed by atoms with Crippen LogP contribution in [0.25, 0.3) is 0 Å². The number of ether oxygens (including phenoxy) is 1. The van der Waals surface area contributed by atoms with Crippen LogP contribution < -0.4 is 4.90 Å². The molecule has 1 aromatic carbocycles. The Kier molecular flexibility index (Phi) is 5.00. The molecule has 0 spiro atoms. The van der Waals surface area contributed by atoms with Crippen LogP contribution in [0.2, 0.25) is 0 Å². The van der Waals surface area contributed by atoms with E-state index >= 15 is 0 Å². The van der Waals surface area contributed by atoms with Crippen molar-refractivity contribution in [2.45, 2.75) is 39.2 Å². The molecule has 3 rings (SSSR count). The van der Waals surface area contributed by atoms with Gasteiger partial charge in [-0.15, -0.1) is 5.10 Å². The van der Waals surface area contributed by atoms with Gasteiger partial charge in [-0.3, -0.25) is 0 Å². The Bertz CT molecular complexity index is 784. The molecule has 1 unspecified atom stereocenters. The Labute approximate surface area is 149 Å². The van der Waals surface area contributed by atoms with E-state index in [0.717, 1.165) is 29.7 Å². The Morgan fingerprint density at radius 3 is 2.60 bits per heavy atom. The molecule has 1 atom stereocenters. The molecule has 1 fully saturated rings. The Morgan fingerprint density at radius 1 is 1.20 bits per heavy atom. The number of aryl methyl sites for hydroxylation is 1. The lowest BCUT2D eigenvalue weighted by Gasteiger charge is -2.41. The maximum absolute atomic E-state index is 9.75. The molecule has 0 N–H and O–H groups in total. The van der Waals surface area contributed by atoms with E-state index in [9.17, 15) is 5.26 Å². The second-order valence-corrected chi connectivity index (χ2v) is 6.51. The summed E-state index contributed by atoms with van der Waals surface area (Å²) in [6, 6.07) is 12.6. The fourth-order valence-corrected chi connectivity index (χ4v) is 3.52. The third-order valence-corrected chi connectivity index (χ3v) is 4.90. The zero-order valence-corrected chi connectivity index (χ0v) is 15.1. The minimum absolute atomic E-state index is 0.427. The number of benzene rings is 1. The van der Waals surface area contributed by atoms with Crippen LogP contribution in [0, 0.1) is 11.3 Å². The molecular formula is C20H24N4O. The Balaban J connectivity index is 1.99. The molecule has 0 saturated carbocycles. The van der Waals surface area contributed by atoms with Gasteiger partial charge < -0.3 is 9.64 Å². The van der Waals surface area contributed by atoms with Gasteiger partial charge in [0.25, 0.3) is 0 Å². The van der Waals surface area contributed by atoms with Crippen molar-refractivity contribution in [3.63, 3.8) is 0 Å². The molecule has 0 radical (unpaired) electrons. The van der Waals surface area contributed by atoms with Crippen molar-refractivity contribution in [3.8, 4) is 6.07 Å². The van der Waals surface area contributed by atoms with Crippen LogP contribution in [0.15, 0.2) is 30.3 Å². The molecule has 25 heavy (non-hydrogen) atoms. The van der Waals surface area contributed by atoms with Crippen LogP contribution in [0.5, 0.6) is 0 Å². The molecule has 1 aliphatic heterocycles. The minimum Gasteiger partial charge on any atom is -0.367 e. The molecule has 1 aliphatic rings. The highest BCUT2D eigenvalue weighted by molar-refractivity contribution is 5.58. The smallest absolute Gasteiger partial charge is 0.169 e. The number of hydrogen-bond acceptors (Lipinski definition) is 5. The van der Waals surface area contributed by atoms with E-state index in [1.807, 2.05) is 25.1 Å². The minimum atomic E-state index is -0.427. The SMILES string of the molecule is CCc1nnc(N2CCOC(C)(c3ccccc3)C2)c(C#N)c1CC. The van der Waals surface area contributed by atoms with Crippen molar-refractivity contribution in [1.82, 2.24) is 10.2 Å². The van der Waals surface area contributed by atoms with Crippen LogP contribution in [0.3, 0.4) is 0 Å². The van der Waals surface area contributed by atoms with Crippen LogP contribution in [0.4, 0.5) is 5.82 Å². The van der Waals surface area contributed by atoms with Gasteiger partial charge in [-0.1, -0.05) is 44.2 Å². The Hall–Kier alpha value is -2.45. The van der Waals surface area contributed by atoms with E-state index in [-0.39, 0.29) is 0 Å². The molecule has 2 aromatic rings. The largest absolute Gasteiger partial charge is 0.367 e. The van der Waals surface area contributed by atoms with Crippen LogP contribution in [0.1, 0.15) is 43.2 Å². The van der Waals surface area contributed by atoms with Crippen molar-refractivity contribution in [1.29, 1.82) is 5.26 Å². The number of nitrogens with zero attached hydrogens (tertiary/aromatic N) is 4. The van der Waals surface area contributed by atoms with Gasteiger partial charge in [-0.2, -0.15) is 10.4 Å². The van der Waals surface area contributed by atoms with Crippen molar-refractivity contribution >= 4 is 5.82 Å². The fraction of sp³-hybridized carbons (Fsp3) is 0.450. The molecular weight excluding hydrogens is 312 g/mol. The van der Waals surface area contributed by atoms with E-state index in [1.165, 1.54) is 0 Å². The molecule has 5 heteroatoms. The van der Waals surface area contributed by atoms with E-state index in [2.05, 4.69) is 47.1 Å². The lowest BCUT2D eigenvalue weighted by Crippen LogP contribution is -2.49. The lowest BCUT2D eigenvalue weighted by atomic mass is 9.93. The third-order valence-electron chi connectivity index (χ3n) is 4.90. The quantitative estimate of drug-likeness (QED) is 0.858. The van der Waals surface area contributed by atoms with Gasteiger partial charge in [0.15, 0.2) is 5.82 Å². The van der Waals surface area contributed by atoms with Gasteiger partial charge in [0.1, 0.15) is 17.2 Å². The van der Waals surface area contributed by atoms with Gasteiger partial charge in [0.2, 0.25) is 0 Å². The summed E-state index contributed by atoms with van der Waals surface area (Å²) >= 11 is 0. The zero-order chi connectivity index (χ0) is 17.9. The van der Waals surface area contributed by atoms with E-state index in [0.29, 0.717) is 31.1 Å². The van der Waals surface area contributed by atoms with Gasteiger partial charge in [-0.25, -0.2) is 0 Å². The summed E-state index contributed by atoms with van der Waals surface area (Å²) < 4.78 is 6.11. The highest BCUT2D eigenvalue weighted by atomic mass is 16.5. The monoisotopic (exact) mass is 336 g/mol. The number of morpholine rings is 1. The normalized spacial score (nSPS) is 20.3. The van der Waals surface area contributed by atoms with Crippen molar-refractivity contribution < 1.29 is 4.74 Å². The standard InChI is InChI=1S/C20H24N4O/c1-4-16-17(13-21)19(23-22-18(16)5-2)24-11-12-25-20(3,14-24)15-9-7-6-8-10-15/h6-10H,4-5,11-12,14H2,1-3H3. The summed E-state index contributed by atoms with van der Waals surface area (Å²) in [7, 11) is 0. The first kappa shape index (κ1) is 17.4. The van der Waals surface area contributed by atoms with E-state index in [4.69, 9.17) is 4.74 Å². The van der Waals surface area contributed by atoms with Crippen LogP contribution >= 0.6 is 0 Å². The number of hydrogen-bond donors (Lipinski definition) is 0. The first-order chi connectivity index (χ1) is 12.1. The second-order valence-electron chi connectivity index (χ2n) is 6.51. The van der Waals surface area contributed by atoms with Crippen molar-refractivity contribution in [2.24, 2.45) is 0 Å². The maximum atomic E-state index is 9.75. The molecule has 1 saturated heterocycles. The summed E-state index contributed by atoms with van der Waals surface area (Å²) in [6.07, 6.45) is 1.57. The van der Waals surface area contributed by atoms with Gasteiger partial charge in [-0.05, 0) is 30.9 Å². The fourth-order valence-electron chi connectivity index (χ4n) is 3.52. The zero-order valence-electron chi connectivity index (χ0n) is 15.1. The molecule has 5 nitrogen and oxygen atoms in total. The summed E-state index contributed by atoms with van der Waals surface area (Å²) in [5.41, 5.74) is 3.30.